The first kappa shape index (κ1) is 10.9. The molecular formula is C10H17N3O. The summed E-state index contributed by atoms with van der Waals surface area (Å²) in [6.45, 7) is 3.90. The zero-order valence-electron chi connectivity index (χ0n) is 8.90. The van der Waals surface area contributed by atoms with Crippen LogP contribution < -0.4 is 5.73 Å². The Morgan fingerprint density at radius 1 is 1.64 bits per heavy atom. The van der Waals surface area contributed by atoms with Gasteiger partial charge in [-0.25, -0.2) is 0 Å². The number of ketones is 1. The van der Waals surface area contributed by atoms with Crippen LogP contribution in [0.2, 0.25) is 0 Å². The van der Waals surface area contributed by atoms with Crippen LogP contribution in [0.4, 0.5) is 0 Å². The maximum Gasteiger partial charge on any atom is 0.154 e. The topological polar surface area (TPSA) is 60.9 Å². The molecule has 78 valence electrons. The lowest BCUT2D eigenvalue weighted by molar-refractivity contribution is -0.120. The van der Waals surface area contributed by atoms with Crippen molar-refractivity contribution < 1.29 is 4.79 Å². The molecule has 1 unspecified atom stereocenters. The van der Waals surface area contributed by atoms with Crippen LogP contribution in [-0.2, 0) is 18.3 Å². The molecule has 0 fully saturated rings. The number of nitrogens with two attached hydrogens (primary N) is 1. The molecule has 0 aliphatic carbocycles. The van der Waals surface area contributed by atoms with Crippen LogP contribution in [0.1, 0.15) is 19.4 Å². The molecule has 14 heavy (non-hydrogen) atoms. The lowest BCUT2D eigenvalue weighted by Crippen LogP contribution is -2.36. The molecule has 0 amide bonds. The van der Waals surface area contributed by atoms with Crippen LogP contribution in [-0.4, -0.2) is 21.6 Å². The summed E-state index contributed by atoms with van der Waals surface area (Å²) in [4.78, 5) is 11.6. The smallest absolute Gasteiger partial charge is 0.154 e. The van der Waals surface area contributed by atoms with Crippen LogP contribution in [0.15, 0.2) is 12.4 Å². The SMILES string of the molecule is CC(C)C(N)C(=O)Cc1cnn(C)c1. The first-order valence-corrected chi connectivity index (χ1v) is 4.76. The molecule has 0 saturated heterocycles. The molecular weight excluding hydrogens is 178 g/mol. The average molecular weight is 195 g/mol. The molecule has 2 N–H and O–H groups in total. The zero-order valence-corrected chi connectivity index (χ0v) is 8.90. The van der Waals surface area contributed by atoms with Crippen molar-refractivity contribution in [2.45, 2.75) is 26.3 Å². The summed E-state index contributed by atoms with van der Waals surface area (Å²) in [6, 6.07) is -0.366. The summed E-state index contributed by atoms with van der Waals surface area (Å²) in [5.74, 6) is 0.271. The summed E-state index contributed by atoms with van der Waals surface area (Å²) >= 11 is 0. The number of aryl methyl sites for hydroxylation is 1. The van der Waals surface area contributed by atoms with E-state index in [0.29, 0.717) is 6.42 Å². The summed E-state index contributed by atoms with van der Waals surface area (Å²) in [6.07, 6.45) is 3.92. The molecule has 0 aliphatic heterocycles. The van der Waals surface area contributed by atoms with Gasteiger partial charge in [0.1, 0.15) is 0 Å². The minimum atomic E-state index is -0.366. The van der Waals surface area contributed by atoms with Crippen molar-refractivity contribution >= 4 is 5.78 Å². The predicted molar refractivity (Wildman–Crippen MR) is 54.7 cm³/mol. The van der Waals surface area contributed by atoms with Crippen LogP contribution >= 0.6 is 0 Å². The summed E-state index contributed by atoms with van der Waals surface area (Å²) in [7, 11) is 1.83. The van der Waals surface area contributed by atoms with Crippen molar-refractivity contribution in [3.05, 3.63) is 18.0 Å². The van der Waals surface area contributed by atoms with Gasteiger partial charge in [-0.05, 0) is 11.5 Å². The third-order valence-electron chi connectivity index (χ3n) is 2.23. The molecule has 1 heterocycles. The monoisotopic (exact) mass is 195 g/mol. The fourth-order valence-corrected chi connectivity index (χ4v) is 1.25. The standard InChI is InChI=1S/C10H17N3O/c1-7(2)10(11)9(14)4-8-5-12-13(3)6-8/h5-7,10H,4,11H2,1-3H3. The highest BCUT2D eigenvalue weighted by Crippen LogP contribution is 2.05. The molecule has 0 radical (unpaired) electrons. The highest BCUT2D eigenvalue weighted by Gasteiger charge is 2.17. The Balaban J connectivity index is 2.57. The number of hydrogen-bond acceptors (Lipinski definition) is 3. The molecule has 0 spiro atoms. The van der Waals surface area contributed by atoms with Gasteiger partial charge in [-0.15, -0.1) is 0 Å². The number of Topliss-reactive ketones (excluding diaryl/α,β-unsaturated/α-hetero) is 1. The maximum atomic E-state index is 11.6. The van der Waals surface area contributed by atoms with E-state index >= 15 is 0 Å². The van der Waals surface area contributed by atoms with Crippen molar-refractivity contribution in [3.63, 3.8) is 0 Å². The number of rotatable bonds is 4. The molecule has 1 aromatic rings. The van der Waals surface area contributed by atoms with Crippen molar-refractivity contribution in [3.8, 4) is 0 Å². The molecule has 1 rings (SSSR count). The Morgan fingerprint density at radius 2 is 2.29 bits per heavy atom. The minimum absolute atomic E-state index is 0.0769. The average Bonchev–Trinajstić information content (AvgIpc) is 2.49. The highest BCUT2D eigenvalue weighted by molar-refractivity contribution is 5.85. The molecule has 1 aromatic heterocycles. The molecule has 1 atom stereocenters. The van der Waals surface area contributed by atoms with E-state index in [1.54, 1.807) is 10.9 Å². The van der Waals surface area contributed by atoms with Crippen LogP contribution in [0.25, 0.3) is 0 Å². The second-order valence-corrected chi connectivity index (χ2v) is 3.94. The quantitative estimate of drug-likeness (QED) is 0.761. The Hall–Kier alpha value is -1.16. The lowest BCUT2D eigenvalue weighted by atomic mass is 9.97. The summed E-state index contributed by atoms with van der Waals surface area (Å²) in [5.41, 5.74) is 6.66. The third kappa shape index (κ3) is 2.67. The second kappa shape index (κ2) is 4.37. The highest BCUT2D eigenvalue weighted by atomic mass is 16.1. The second-order valence-electron chi connectivity index (χ2n) is 3.94. The minimum Gasteiger partial charge on any atom is -0.321 e. The van der Waals surface area contributed by atoms with Crippen LogP contribution in [0.5, 0.6) is 0 Å². The van der Waals surface area contributed by atoms with Crippen molar-refractivity contribution in [2.75, 3.05) is 0 Å². The van der Waals surface area contributed by atoms with Gasteiger partial charge in [0, 0.05) is 19.7 Å². The normalized spacial score (nSPS) is 13.2. The van der Waals surface area contributed by atoms with E-state index in [-0.39, 0.29) is 17.7 Å². The van der Waals surface area contributed by atoms with Gasteiger partial charge >= 0.3 is 0 Å². The molecule has 0 aliphatic rings. The third-order valence-corrected chi connectivity index (χ3v) is 2.23. The van der Waals surface area contributed by atoms with E-state index in [0.717, 1.165) is 5.56 Å². The fraction of sp³-hybridized carbons (Fsp3) is 0.600. The van der Waals surface area contributed by atoms with Gasteiger partial charge in [-0.2, -0.15) is 5.10 Å². The number of carbonyl (C=O) groups excluding carboxylic acids is 1. The van der Waals surface area contributed by atoms with E-state index < -0.39 is 0 Å². The molecule has 0 aromatic carbocycles. The van der Waals surface area contributed by atoms with Gasteiger partial charge in [-0.1, -0.05) is 13.8 Å². The number of nitrogens with zero attached hydrogens (tertiary/aromatic N) is 2. The van der Waals surface area contributed by atoms with Crippen molar-refractivity contribution in [1.29, 1.82) is 0 Å². The van der Waals surface area contributed by atoms with Gasteiger partial charge in [0.15, 0.2) is 5.78 Å². The Labute approximate surface area is 84.1 Å². The Kier molecular flexibility index (Phi) is 3.41. The molecule has 4 nitrogen and oxygen atoms in total. The first-order chi connectivity index (χ1) is 6.50. The van der Waals surface area contributed by atoms with Crippen LogP contribution in [0, 0.1) is 5.92 Å². The van der Waals surface area contributed by atoms with E-state index in [2.05, 4.69) is 5.10 Å². The molecule has 4 heteroatoms. The van der Waals surface area contributed by atoms with Gasteiger partial charge < -0.3 is 5.73 Å². The number of hydrogen-bond donors (Lipinski definition) is 1. The lowest BCUT2D eigenvalue weighted by Gasteiger charge is -2.13. The van der Waals surface area contributed by atoms with E-state index in [1.165, 1.54) is 0 Å². The van der Waals surface area contributed by atoms with Gasteiger partial charge in [0.05, 0.1) is 12.2 Å². The fourth-order valence-electron chi connectivity index (χ4n) is 1.25. The first-order valence-electron chi connectivity index (χ1n) is 4.76. The van der Waals surface area contributed by atoms with Crippen molar-refractivity contribution in [1.82, 2.24) is 9.78 Å². The van der Waals surface area contributed by atoms with E-state index in [9.17, 15) is 4.79 Å². The van der Waals surface area contributed by atoms with Gasteiger partial charge in [0.25, 0.3) is 0 Å². The van der Waals surface area contributed by atoms with Crippen molar-refractivity contribution in [2.24, 2.45) is 18.7 Å². The molecule has 0 bridgehead atoms. The van der Waals surface area contributed by atoms with Gasteiger partial charge in [0.2, 0.25) is 0 Å². The van der Waals surface area contributed by atoms with Crippen LogP contribution in [0.3, 0.4) is 0 Å². The predicted octanol–water partition coefficient (Wildman–Crippen LogP) is 0.515. The maximum absolute atomic E-state index is 11.6. The van der Waals surface area contributed by atoms with E-state index in [1.807, 2.05) is 27.1 Å². The Morgan fingerprint density at radius 3 is 2.71 bits per heavy atom. The number of aromatic nitrogens is 2. The van der Waals surface area contributed by atoms with E-state index in [4.69, 9.17) is 5.73 Å². The summed E-state index contributed by atoms with van der Waals surface area (Å²) < 4.78 is 1.68. The van der Waals surface area contributed by atoms with Gasteiger partial charge in [-0.3, -0.25) is 9.48 Å². The number of carbonyl (C=O) groups is 1. The zero-order chi connectivity index (χ0) is 10.7. The largest absolute Gasteiger partial charge is 0.321 e. The summed E-state index contributed by atoms with van der Waals surface area (Å²) in [5, 5.41) is 4.00. The Bertz CT molecular complexity index is 317. The molecule has 0 saturated carbocycles.